The molecule has 0 spiro atoms. The quantitative estimate of drug-likeness (QED) is 0.559. The van der Waals surface area contributed by atoms with Crippen molar-refractivity contribution in [2.75, 3.05) is 39.3 Å². The van der Waals surface area contributed by atoms with E-state index in [4.69, 9.17) is 4.99 Å². The van der Waals surface area contributed by atoms with Crippen molar-refractivity contribution < 1.29 is 0 Å². The van der Waals surface area contributed by atoms with Crippen molar-refractivity contribution in [1.29, 1.82) is 0 Å². The Bertz CT molecular complexity index is 822. The highest BCUT2D eigenvalue weighted by molar-refractivity contribution is 5.80. The predicted octanol–water partition coefficient (Wildman–Crippen LogP) is 0.920. The van der Waals surface area contributed by atoms with Crippen LogP contribution < -0.4 is 10.6 Å². The molecule has 2 N–H and O–H groups in total. The molecule has 2 bridgehead atoms. The first-order valence-electron chi connectivity index (χ1n) is 10.5. The summed E-state index contributed by atoms with van der Waals surface area (Å²) in [7, 11) is 1.98. The van der Waals surface area contributed by atoms with Gasteiger partial charge in [-0.1, -0.05) is 30.3 Å². The number of nitrogens with zero attached hydrogens (tertiary/aromatic N) is 6. The molecule has 1 aromatic heterocycles. The Morgan fingerprint density at radius 1 is 1.17 bits per heavy atom. The van der Waals surface area contributed by atoms with Gasteiger partial charge in [-0.2, -0.15) is 0 Å². The Labute approximate surface area is 173 Å². The van der Waals surface area contributed by atoms with E-state index < -0.39 is 0 Å². The van der Waals surface area contributed by atoms with Crippen LogP contribution >= 0.6 is 0 Å². The summed E-state index contributed by atoms with van der Waals surface area (Å²) in [5.74, 6) is 2.58. The second-order valence-corrected chi connectivity index (χ2v) is 8.04. The maximum absolute atomic E-state index is 4.82. The van der Waals surface area contributed by atoms with Gasteiger partial charge in [0.05, 0.1) is 6.04 Å². The summed E-state index contributed by atoms with van der Waals surface area (Å²) in [5.41, 5.74) is 1.24. The summed E-state index contributed by atoms with van der Waals surface area (Å²) >= 11 is 0. The van der Waals surface area contributed by atoms with E-state index in [1.807, 2.05) is 24.6 Å². The molecular weight excluding hydrogens is 364 g/mol. The average Bonchev–Trinajstić information content (AvgIpc) is 3.09. The number of rotatable bonds is 6. The van der Waals surface area contributed by atoms with Crippen molar-refractivity contribution in [3.63, 3.8) is 0 Å². The first-order chi connectivity index (χ1) is 14.1. The fourth-order valence-corrected chi connectivity index (χ4v) is 4.05. The van der Waals surface area contributed by atoms with Crippen LogP contribution in [0.2, 0.25) is 0 Å². The smallest absolute Gasteiger partial charge is 0.192 e. The molecule has 0 radical (unpaired) electrons. The van der Waals surface area contributed by atoms with Crippen molar-refractivity contribution in [1.82, 2.24) is 35.2 Å². The molecule has 2 unspecified atom stereocenters. The third kappa shape index (κ3) is 4.76. The summed E-state index contributed by atoms with van der Waals surface area (Å²) in [4.78, 5) is 9.97. The van der Waals surface area contributed by atoms with E-state index in [9.17, 15) is 0 Å². The third-order valence-corrected chi connectivity index (χ3v) is 6.11. The fourth-order valence-electron chi connectivity index (χ4n) is 4.05. The first kappa shape index (κ1) is 19.8. The summed E-state index contributed by atoms with van der Waals surface area (Å²) in [5, 5.41) is 15.5. The minimum atomic E-state index is 0.163. The molecule has 2 atom stereocenters. The number of hydrogen-bond donors (Lipinski definition) is 2. The van der Waals surface area contributed by atoms with Gasteiger partial charge in [0.25, 0.3) is 0 Å². The summed E-state index contributed by atoms with van der Waals surface area (Å²) in [6.07, 6.45) is 0. The summed E-state index contributed by atoms with van der Waals surface area (Å²) in [6, 6.07) is 11.2. The lowest BCUT2D eigenvalue weighted by atomic mass is 10.1. The molecule has 5 rings (SSSR count). The normalized spacial score (nSPS) is 25.1. The second-order valence-electron chi connectivity index (χ2n) is 8.04. The molecule has 4 heterocycles. The van der Waals surface area contributed by atoms with E-state index in [2.05, 4.69) is 61.8 Å². The highest BCUT2D eigenvalue weighted by atomic mass is 15.4. The van der Waals surface area contributed by atoms with Crippen LogP contribution in [-0.2, 0) is 13.6 Å². The van der Waals surface area contributed by atoms with E-state index in [0.29, 0.717) is 12.6 Å². The van der Waals surface area contributed by atoms with E-state index in [0.717, 1.165) is 30.7 Å². The first-order valence-corrected chi connectivity index (χ1v) is 10.5. The molecule has 0 amide bonds. The van der Waals surface area contributed by atoms with Gasteiger partial charge in [-0.05, 0) is 19.4 Å². The molecule has 2 aromatic rings. The zero-order valence-corrected chi connectivity index (χ0v) is 17.7. The van der Waals surface area contributed by atoms with Gasteiger partial charge >= 0.3 is 0 Å². The molecule has 3 aliphatic rings. The van der Waals surface area contributed by atoms with Gasteiger partial charge in [0.15, 0.2) is 11.8 Å². The lowest BCUT2D eigenvalue weighted by molar-refractivity contribution is 0.0154. The standard InChI is InChI=1S/C21H32N8/c1-16(18-7-5-4-6-8-18)24-21(23-14-20-26-25-17(2)27(20)3)22-13-19-15-28-9-11-29(19)12-10-28/h4-8,16,19H,9-15H2,1-3H3,(H2,22,23,24). The van der Waals surface area contributed by atoms with Crippen molar-refractivity contribution >= 4 is 5.96 Å². The lowest BCUT2D eigenvalue weighted by Gasteiger charge is -2.47. The molecule has 156 valence electrons. The van der Waals surface area contributed by atoms with Crippen molar-refractivity contribution in [2.45, 2.75) is 32.5 Å². The molecule has 0 aliphatic carbocycles. The van der Waals surface area contributed by atoms with E-state index >= 15 is 0 Å². The molecule has 3 aliphatic heterocycles. The molecule has 8 nitrogen and oxygen atoms in total. The summed E-state index contributed by atoms with van der Waals surface area (Å²) in [6.45, 7) is 11.4. The van der Waals surface area contributed by atoms with Gasteiger partial charge in [0, 0.05) is 52.4 Å². The van der Waals surface area contributed by atoms with Crippen molar-refractivity contribution in [2.24, 2.45) is 12.0 Å². The van der Waals surface area contributed by atoms with Crippen LogP contribution in [0.4, 0.5) is 0 Å². The minimum absolute atomic E-state index is 0.163. The number of piperazine rings is 3. The Morgan fingerprint density at radius 3 is 2.55 bits per heavy atom. The third-order valence-electron chi connectivity index (χ3n) is 6.11. The topological polar surface area (TPSA) is 73.6 Å². The average molecular weight is 397 g/mol. The highest BCUT2D eigenvalue weighted by Crippen LogP contribution is 2.15. The van der Waals surface area contributed by atoms with Crippen molar-refractivity contribution in [3.8, 4) is 0 Å². The number of aryl methyl sites for hydroxylation is 1. The van der Waals surface area contributed by atoms with Crippen molar-refractivity contribution in [3.05, 3.63) is 47.5 Å². The van der Waals surface area contributed by atoms with Crippen LogP contribution in [0.15, 0.2) is 35.3 Å². The molecule has 8 heteroatoms. The number of aromatic nitrogens is 3. The van der Waals surface area contributed by atoms with Crippen LogP contribution in [0, 0.1) is 6.92 Å². The van der Waals surface area contributed by atoms with Crippen LogP contribution in [-0.4, -0.2) is 75.8 Å². The Kier molecular flexibility index (Phi) is 6.10. The monoisotopic (exact) mass is 396 g/mol. The molecule has 3 fully saturated rings. The van der Waals surface area contributed by atoms with Crippen LogP contribution in [0.25, 0.3) is 0 Å². The Morgan fingerprint density at radius 2 is 1.93 bits per heavy atom. The van der Waals surface area contributed by atoms with Gasteiger partial charge < -0.3 is 15.2 Å². The van der Waals surface area contributed by atoms with Crippen LogP contribution in [0.3, 0.4) is 0 Å². The summed E-state index contributed by atoms with van der Waals surface area (Å²) < 4.78 is 1.99. The number of hydrogen-bond acceptors (Lipinski definition) is 5. The number of aliphatic imine (C=N–C) groups is 1. The van der Waals surface area contributed by atoms with E-state index in [-0.39, 0.29) is 6.04 Å². The Hall–Kier alpha value is -2.45. The maximum Gasteiger partial charge on any atom is 0.192 e. The maximum atomic E-state index is 4.82. The second kappa shape index (κ2) is 8.92. The van der Waals surface area contributed by atoms with Crippen LogP contribution in [0.5, 0.6) is 0 Å². The predicted molar refractivity (Wildman–Crippen MR) is 115 cm³/mol. The minimum Gasteiger partial charge on any atom is -0.355 e. The van der Waals surface area contributed by atoms with Gasteiger partial charge in [0.1, 0.15) is 12.4 Å². The molecule has 29 heavy (non-hydrogen) atoms. The zero-order chi connectivity index (χ0) is 20.2. The highest BCUT2D eigenvalue weighted by Gasteiger charge is 2.31. The number of benzene rings is 1. The van der Waals surface area contributed by atoms with Gasteiger partial charge in [-0.3, -0.25) is 9.80 Å². The SMILES string of the molecule is Cc1nnc(CN=C(NCC2CN3CCN2CC3)NC(C)c2ccccc2)n1C. The number of guanidine groups is 1. The van der Waals surface area contributed by atoms with Gasteiger partial charge in [-0.15, -0.1) is 10.2 Å². The fraction of sp³-hybridized carbons (Fsp3) is 0.571. The Balaban J connectivity index is 1.44. The largest absolute Gasteiger partial charge is 0.355 e. The van der Waals surface area contributed by atoms with Gasteiger partial charge in [0.2, 0.25) is 0 Å². The van der Waals surface area contributed by atoms with Crippen LogP contribution in [0.1, 0.15) is 30.2 Å². The van der Waals surface area contributed by atoms with E-state index in [1.54, 1.807) is 0 Å². The number of fused-ring (bicyclic) bond motifs is 3. The molecular formula is C21H32N8. The zero-order valence-electron chi connectivity index (χ0n) is 17.7. The number of nitrogens with one attached hydrogen (secondary N) is 2. The van der Waals surface area contributed by atoms with Gasteiger partial charge in [-0.25, -0.2) is 4.99 Å². The molecule has 3 saturated heterocycles. The lowest BCUT2D eigenvalue weighted by Crippen LogP contribution is -2.63. The molecule has 0 saturated carbocycles. The van der Waals surface area contributed by atoms with E-state index in [1.165, 1.54) is 31.7 Å². The molecule has 1 aromatic carbocycles.